The van der Waals surface area contributed by atoms with E-state index in [4.69, 9.17) is 0 Å². The number of rotatable bonds is 7. The van der Waals surface area contributed by atoms with Gasteiger partial charge in [-0.05, 0) is 34.9 Å². The van der Waals surface area contributed by atoms with Gasteiger partial charge in [-0.1, -0.05) is 49.7 Å². The summed E-state index contributed by atoms with van der Waals surface area (Å²) in [5.74, 6) is 0.0616. The van der Waals surface area contributed by atoms with Gasteiger partial charge >= 0.3 is 0 Å². The molecule has 1 heterocycles. The van der Waals surface area contributed by atoms with Crippen LogP contribution in [-0.2, 0) is 4.79 Å². The van der Waals surface area contributed by atoms with Crippen molar-refractivity contribution >= 4 is 11.8 Å². The van der Waals surface area contributed by atoms with Crippen LogP contribution in [0.1, 0.15) is 30.1 Å². The molecule has 2 aromatic carbocycles. The molecule has 0 fully saturated rings. The number of carbonyl (C=O) groups excluding carboxylic acids is 2. The van der Waals surface area contributed by atoms with Crippen LogP contribution in [-0.4, -0.2) is 45.5 Å². The Hall–Kier alpha value is -3.55. The molecule has 0 aliphatic heterocycles. The molecule has 3 aromatic rings. The summed E-state index contributed by atoms with van der Waals surface area (Å²) in [6, 6.07) is 14.4. The molecule has 144 valence electrons. The minimum atomic E-state index is -0.541. The highest BCUT2D eigenvalue weighted by atomic mass is 16.2. The van der Waals surface area contributed by atoms with Gasteiger partial charge in [0.1, 0.15) is 6.04 Å². The zero-order valence-corrected chi connectivity index (χ0v) is 15.8. The fraction of sp³-hybridized carbons (Fsp3) is 0.250. The second-order valence-corrected chi connectivity index (χ2v) is 6.32. The van der Waals surface area contributed by atoms with E-state index in [1.807, 2.05) is 49.4 Å². The number of carbonyl (C=O) groups is 2. The molecule has 1 aromatic heterocycles. The first kappa shape index (κ1) is 19.2. The fourth-order valence-electron chi connectivity index (χ4n) is 2.91. The monoisotopic (exact) mass is 378 g/mol. The van der Waals surface area contributed by atoms with Crippen LogP contribution < -0.4 is 10.6 Å². The molecule has 1 atom stereocenters. The Balaban J connectivity index is 1.78. The Morgan fingerprint density at radius 1 is 1.07 bits per heavy atom. The lowest BCUT2D eigenvalue weighted by Crippen LogP contribution is -2.45. The molecule has 0 saturated heterocycles. The summed E-state index contributed by atoms with van der Waals surface area (Å²) in [6.45, 7) is 1.97. The Bertz CT molecular complexity index is 938. The number of aromatic amines is 1. The maximum Gasteiger partial charge on any atom is 0.251 e. The van der Waals surface area contributed by atoms with Crippen LogP contribution in [0.15, 0.2) is 48.5 Å². The lowest BCUT2D eigenvalue weighted by atomic mass is 10.0. The summed E-state index contributed by atoms with van der Waals surface area (Å²) in [4.78, 5) is 24.6. The normalized spacial score (nSPS) is 11.6. The Kier molecular flexibility index (Phi) is 6.11. The number of nitrogens with one attached hydrogen (secondary N) is 3. The lowest BCUT2D eigenvalue weighted by molar-refractivity contribution is -0.122. The van der Waals surface area contributed by atoms with Gasteiger partial charge in [0.05, 0.1) is 0 Å². The van der Waals surface area contributed by atoms with Crippen LogP contribution in [0.5, 0.6) is 0 Å². The van der Waals surface area contributed by atoms with Gasteiger partial charge in [0.15, 0.2) is 0 Å². The maximum atomic E-state index is 12.6. The van der Waals surface area contributed by atoms with Crippen molar-refractivity contribution in [2.75, 3.05) is 7.05 Å². The highest BCUT2D eigenvalue weighted by molar-refractivity contribution is 5.98. The molecule has 3 N–H and O–H groups in total. The van der Waals surface area contributed by atoms with Crippen molar-refractivity contribution < 1.29 is 9.59 Å². The molecule has 0 radical (unpaired) electrons. The van der Waals surface area contributed by atoms with E-state index in [-0.39, 0.29) is 11.8 Å². The number of aromatic nitrogens is 4. The maximum absolute atomic E-state index is 12.6. The summed E-state index contributed by atoms with van der Waals surface area (Å²) in [6.07, 6.45) is 1.38. The molecule has 1 unspecified atom stereocenters. The van der Waals surface area contributed by atoms with Crippen molar-refractivity contribution in [1.82, 2.24) is 31.3 Å². The number of hydrogen-bond acceptors (Lipinski definition) is 5. The SMILES string of the molecule is CCCC(NC(=O)c1cccc(-c2ccc(-c3nn[nH]n3)cc2)c1)C(=O)NC. The largest absolute Gasteiger partial charge is 0.357 e. The van der Waals surface area contributed by atoms with E-state index in [1.54, 1.807) is 13.1 Å². The fourth-order valence-corrected chi connectivity index (χ4v) is 2.91. The average molecular weight is 378 g/mol. The van der Waals surface area contributed by atoms with Crippen molar-refractivity contribution in [3.63, 3.8) is 0 Å². The summed E-state index contributed by atoms with van der Waals surface area (Å²) < 4.78 is 0. The van der Waals surface area contributed by atoms with Gasteiger partial charge in [-0.25, -0.2) is 0 Å². The standard InChI is InChI=1S/C20H22N6O2/c1-3-5-17(20(28)21-2)22-19(27)16-7-4-6-15(12-16)13-8-10-14(11-9-13)18-23-25-26-24-18/h4,6-12,17H,3,5H2,1-2H3,(H,21,28)(H,22,27)(H,23,24,25,26). The second kappa shape index (κ2) is 8.90. The molecule has 0 aliphatic rings. The average Bonchev–Trinajstić information content (AvgIpc) is 3.28. The first-order valence-corrected chi connectivity index (χ1v) is 9.09. The molecule has 0 saturated carbocycles. The van der Waals surface area contributed by atoms with Gasteiger partial charge in [-0.3, -0.25) is 9.59 Å². The third-order valence-corrected chi connectivity index (χ3v) is 4.39. The number of likely N-dealkylation sites (N-methyl/N-ethyl adjacent to an activating group) is 1. The Morgan fingerprint density at radius 2 is 1.82 bits per heavy atom. The topological polar surface area (TPSA) is 113 Å². The van der Waals surface area contributed by atoms with Crippen molar-refractivity contribution in [3.05, 3.63) is 54.1 Å². The van der Waals surface area contributed by atoms with Gasteiger partial charge in [0, 0.05) is 18.2 Å². The number of benzene rings is 2. The Morgan fingerprint density at radius 3 is 2.46 bits per heavy atom. The zero-order chi connectivity index (χ0) is 19.9. The summed E-state index contributed by atoms with van der Waals surface area (Å²) in [5, 5.41) is 19.3. The third kappa shape index (κ3) is 4.40. The molecule has 0 bridgehead atoms. The summed E-state index contributed by atoms with van der Waals surface area (Å²) in [5.41, 5.74) is 3.21. The van der Waals surface area contributed by atoms with E-state index in [1.165, 1.54) is 0 Å². The van der Waals surface area contributed by atoms with Crippen LogP contribution in [0.3, 0.4) is 0 Å². The van der Waals surface area contributed by atoms with E-state index in [9.17, 15) is 9.59 Å². The molecular weight excluding hydrogens is 356 g/mol. The molecule has 3 rings (SSSR count). The highest BCUT2D eigenvalue weighted by Crippen LogP contribution is 2.23. The van der Waals surface area contributed by atoms with E-state index in [0.29, 0.717) is 17.8 Å². The van der Waals surface area contributed by atoms with Crippen molar-refractivity contribution in [3.8, 4) is 22.5 Å². The quantitative estimate of drug-likeness (QED) is 0.583. The van der Waals surface area contributed by atoms with Crippen molar-refractivity contribution in [2.45, 2.75) is 25.8 Å². The van der Waals surface area contributed by atoms with Crippen molar-refractivity contribution in [1.29, 1.82) is 0 Å². The number of nitrogens with zero attached hydrogens (tertiary/aromatic N) is 3. The minimum absolute atomic E-state index is 0.191. The van der Waals surface area contributed by atoms with E-state index in [2.05, 4.69) is 31.3 Å². The molecule has 0 spiro atoms. The number of amides is 2. The van der Waals surface area contributed by atoms with Gasteiger partial charge in [-0.2, -0.15) is 5.21 Å². The van der Waals surface area contributed by atoms with Gasteiger partial charge in [0.25, 0.3) is 5.91 Å². The second-order valence-electron chi connectivity index (χ2n) is 6.32. The van der Waals surface area contributed by atoms with Crippen LogP contribution in [0.25, 0.3) is 22.5 Å². The molecule has 0 aliphatic carbocycles. The summed E-state index contributed by atoms with van der Waals surface area (Å²) >= 11 is 0. The van der Waals surface area contributed by atoms with E-state index >= 15 is 0 Å². The third-order valence-electron chi connectivity index (χ3n) is 4.39. The highest BCUT2D eigenvalue weighted by Gasteiger charge is 2.19. The van der Waals surface area contributed by atoms with E-state index in [0.717, 1.165) is 23.1 Å². The first-order chi connectivity index (χ1) is 13.6. The van der Waals surface area contributed by atoms with E-state index < -0.39 is 6.04 Å². The summed E-state index contributed by atoms with van der Waals surface area (Å²) in [7, 11) is 1.57. The first-order valence-electron chi connectivity index (χ1n) is 9.09. The van der Waals surface area contributed by atoms with Crippen LogP contribution in [0.2, 0.25) is 0 Å². The predicted molar refractivity (Wildman–Crippen MR) is 105 cm³/mol. The van der Waals surface area contributed by atoms with Gasteiger partial charge in [-0.15, -0.1) is 10.2 Å². The number of hydrogen-bond donors (Lipinski definition) is 3. The Labute approximate surface area is 162 Å². The van der Waals surface area contributed by atoms with Gasteiger partial charge < -0.3 is 10.6 Å². The predicted octanol–water partition coefficient (Wildman–Crippen LogP) is 2.18. The van der Waals surface area contributed by atoms with Crippen LogP contribution >= 0.6 is 0 Å². The molecular formula is C20H22N6O2. The molecule has 8 nitrogen and oxygen atoms in total. The van der Waals surface area contributed by atoms with Crippen LogP contribution in [0.4, 0.5) is 0 Å². The molecule has 28 heavy (non-hydrogen) atoms. The van der Waals surface area contributed by atoms with Gasteiger partial charge in [0.2, 0.25) is 11.7 Å². The zero-order valence-electron chi connectivity index (χ0n) is 15.8. The number of tetrazole rings is 1. The molecule has 8 heteroatoms. The number of H-pyrrole nitrogens is 1. The van der Waals surface area contributed by atoms with Crippen LogP contribution in [0, 0.1) is 0 Å². The minimum Gasteiger partial charge on any atom is -0.357 e. The smallest absolute Gasteiger partial charge is 0.251 e. The van der Waals surface area contributed by atoms with Crippen molar-refractivity contribution in [2.24, 2.45) is 0 Å². The lowest BCUT2D eigenvalue weighted by Gasteiger charge is -2.16. The molecule has 2 amide bonds.